The number of rotatable bonds is 4. The lowest BCUT2D eigenvalue weighted by atomic mass is 10.0. The summed E-state index contributed by atoms with van der Waals surface area (Å²) in [4.78, 5) is 17.4. The second-order valence-electron chi connectivity index (χ2n) is 5.63. The van der Waals surface area contributed by atoms with Crippen molar-refractivity contribution in [2.75, 3.05) is 12.4 Å². The number of nitrogens with zero attached hydrogens (tertiary/aromatic N) is 1. The largest absolute Gasteiger partial charge is 0.497 e. The molecule has 1 heterocycles. The van der Waals surface area contributed by atoms with Gasteiger partial charge in [0, 0.05) is 12.1 Å². The van der Waals surface area contributed by atoms with Crippen LogP contribution in [0.2, 0.25) is 0 Å². The van der Waals surface area contributed by atoms with Crippen LogP contribution in [-0.4, -0.2) is 24.8 Å². The van der Waals surface area contributed by atoms with E-state index in [1.807, 2.05) is 0 Å². The zero-order chi connectivity index (χ0) is 18.7. The van der Waals surface area contributed by atoms with Crippen molar-refractivity contribution in [2.45, 2.75) is 18.7 Å². The van der Waals surface area contributed by atoms with Gasteiger partial charge in [0.25, 0.3) is 5.91 Å². The monoisotopic (exact) mass is 364 g/mol. The number of methoxy groups -OCH3 is 1. The highest BCUT2D eigenvalue weighted by atomic mass is 19.4. The molecule has 1 unspecified atom stereocenters. The molecule has 8 heteroatoms. The van der Waals surface area contributed by atoms with Crippen molar-refractivity contribution >= 4 is 17.3 Å². The van der Waals surface area contributed by atoms with Crippen LogP contribution in [0, 0.1) is 0 Å². The molecule has 1 aliphatic heterocycles. The molecule has 1 atom stereocenters. The summed E-state index contributed by atoms with van der Waals surface area (Å²) < 4.78 is 43.3. The fourth-order valence-corrected chi connectivity index (χ4v) is 2.47. The number of benzene rings is 2. The standard InChI is InChI=1S/C18H15F3N2O3/c1-25-14-7-5-11(6-8-14)15-10-16(26-23-15)17(24)22-13-4-2-3-12(9-13)18(19,20)21/h2-9,16H,10H2,1H3,(H,22,24). The summed E-state index contributed by atoms with van der Waals surface area (Å²) in [5, 5.41) is 6.33. The van der Waals surface area contributed by atoms with E-state index in [1.165, 1.54) is 12.1 Å². The van der Waals surface area contributed by atoms with E-state index in [2.05, 4.69) is 10.5 Å². The Morgan fingerprint density at radius 1 is 1.23 bits per heavy atom. The summed E-state index contributed by atoms with van der Waals surface area (Å²) in [6.45, 7) is 0. The van der Waals surface area contributed by atoms with Crippen LogP contribution in [0.1, 0.15) is 17.5 Å². The molecule has 2 aromatic rings. The molecule has 0 aromatic heterocycles. The number of amides is 1. The van der Waals surface area contributed by atoms with Gasteiger partial charge in [0.1, 0.15) is 5.75 Å². The van der Waals surface area contributed by atoms with Gasteiger partial charge in [-0.2, -0.15) is 13.2 Å². The predicted octanol–water partition coefficient (Wildman–Crippen LogP) is 3.85. The van der Waals surface area contributed by atoms with E-state index in [1.54, 1.807) is 31.4 Å². The average Bonchev–Trinajstić information content (AvgIpc) is 3.11. The SMILES string of the molecule is COc1ccc(C2=NOC(C(=O)Nc3cccc(C(F)(F)F)c3)C2)cc1. The number of alkyl halides is 3. The number of carbonyl (C=O) groups is 1. The third kappa shape index (κ3) is 3.96. The maximum absolute atomic E-state index is 12.7. The summed E-state index contributed by atoms with van der Waals surface area (Å²) in [6, 6.07) is 11.5. The van der Waals surface area contributed by atoms with Crippen LogP contribution in [0.5, 0.6) is 5.75 Å². The summed E-state index contributed by atoms with van der Waals surface area (Å²) in [7, 11) is 1.55. The first-order chi connectivity index (χ1) is 12.4. The highest BCUT2D eigenvalue weighted by Gasteiger charge is 2.32. The normalized spacial score (nSPS) is 16.6. The van der Waals surface area contributed by atoms with Gasteiger partial charge in [-0.25, -0.2) is 0 Å². The van der Waals surface area contributed by atoms with Gasteiger partial charge in [0.2, 0.25) is 6.10 Å². The lowest BCUT2D eigenvalue weighted by Gasteiger charge is -2.12. The molecule has 1 amide bonds. The summed E-state index contributed by atoms with van der Waals surface area (Å²) in [6.07, 6.45) is -5.16. The minimum atomic E-state index is -4.48. The molecule has 26 heavy (non-hydrogen) atoms. The van der Waals surface area contributed by atoms with E-state index in [9.17, 15) is 18.0 Å². The fraction of sp³-hybridized carbons (Fsp3) is 0.222. The fourth-order valence-electron chi connectivity index (χ4n) is 2.47. The Hall–Kier alpha value is -3.03. The second-order valence-corrected chi connectivity index (χ2v) is 5.63. The molecular formula is C18H15F3N2O3. The number of halogens is 3. The summed E-state index contributed by atoms with van der Waals surface area (Å²) in [5.41, 5.74) is 0.571. The highest BCUT2D eigenvalue weighted by Crippen LogP contribution is 2.31. The predicted molar refractivity (Wildman–Crippen MR) is 89.1 cm³/mol. The van der Waals surface area contributed by atoms with Crippen LogP contribution in [-0.2, 0) is 15.8 Å². The van der Waals surface area contributed by atoms with Gasteiger partial charge in [-0.1, -0.05) is 11.2 Å². The van der Waals surface area contributed by atoms with Crippen molar-refractivity contribution in [1.82, 2.24) is 0 Å². The van der Waals surface area contributed by atoms with Gasteiger partial charge in [0.05, 0.1) is 18.4 Å². The quantitative estimate of drug-likeness (QED) is 0.897. The molecule has 0 saturated carbocycles. The minimum Gasteiger partial charge on any atom is -0.497 e. The molecule has 0 bridgehead atoms. The summed E-state index contributed by atoms with van der Waals surface area (Å²) in [5.74, 6) is 0.128. The zero-order valence-electron chi connectivity index (χ0n) is 13.7. The Labute approximate surface area is 147 Å². The Bertz CT molecular complexity index is 832. The molecule has 1 N–H and O–H groups in total. The van der Waals surface area contributed by atoms with Gasteiger partial charge in [0.15, 0.2) is 0 Å². The number of carbonyl (C=O) groups excluding carboxylic acids is 1. The van der Waals surface area contributed by atoms with E-state index in [0.717, 1.165) is 17.7 Å². The minimum absolute atomic E-state index is 0.0475. The molecule has 3 rings (SSSR count). The molecule has 0 saturated heterocycles. The van der Waals surface area contributed by atoms with Crippen molar-refractivity contribution in [3.05, 3.63) is 59.7 Å². The van der Waals surface area contributed by atoms with Crippen molar-refractivity contribution in [1.29, 1.82) is 0 Å². The molecule has 5 nitrogen and oxygen atoms in total. The van der Waals surface area contributed by atoms with Crippen LogP contribution in [0.4, 0.5) is 18.9 Å². The van der Waals surface area contributed by atoms with Gasteiger partial charge in [-0.15, -0.1) is 0 Å². The molecule has 136 valence electrons. The Morgan fingerprint density at radius 2 is 1.96 bits per heavy atom. The average molecular weight is 364 g/mol. The van der Waals surface area contributed by atoms with Crippen molar-refractivity contribution in [3.8, 4) is 5.75 Å². The van der Waals surface area contributed by atoms with Gasteiger partial charge in [-0.05, 0) is 48.0 Å². The van der Waals surface area contributed by atoms with Gasteiger partial charge in [-0.3, -0.25) is 4.79 Å². The van der Waals surface area contributed by atoms with Crippen molar-refractivity contribution < 1.29 is 27.5 Å². The molecule has 0 aliphatic carbocycles. The van der Waals surface area contributed by atoms with Crippen LogP contribution in [0.3, 0.4) is 0 Å². The smallest absolute Gasteiger partial charge is 0.416 e. The number of anilines is 1. The first-order valence-corrected chi connectivity index (χ1v) is 7.72. The Balaban J connectivity index is 1.63. The van der Waals surface area contributed by atoms with Crippen LogP contribution in [0.25, 0.3) is 0 Å². The molecule has 1 aliphatic rings. The number of oxime groups is 1. The number of hydrogen-bond donors (Lipinski definition) is 1. The number of hydrogen-bond acceptors (Lipinski definition) is 4. The summed E-state index contributed by atoms with van der Waals surface area (Å²) >= 11 is 0. The highest BCUT2D eigenvalue weighted by molar-refractivity contribution is 6.06. The Kier molecular flexibility index (Phi) is 4.83. The van der Waals surface area contributed by atoms with E-state index in [-0.39, 0.29) is 12.1 Å². The van der Waals surface area contributed by atoms with Gasteiger partial charge < -0.3 is 14.9 Å². The van der Waals surface area contributed by atoms with E-state index >= 15 is 0 Å². The van der Waals surface area contributed by atoms with E-state index < -0.39 is 23.8 Å². The van der Waals surface area contributed by atoms with Crippen LogP contribution in [0.15, 0.2) is 53.7 Å². The third-order valence-electron chi connectivity index (χ3n) is 3.84. The maximum Gasteiger partial charge on any atom is 0.416 e. The van der Waals surface area contributed by atoms with Crippen LogP contribution < -0.4 is 10.1 Å². The van der Waals surface area contributed by atoms with Crippen molar-refractivity contribution in [2.24, 2.45) is 5.16 Å². The first kappa shape index (κ1) is 17.8. The Morgan fingerprint density at radius 3 is 2.62 bits per heavy atom. The zero-order valence-corrected chi connectivity index (χ0v) is 13.7. The van der Waals surface area contributed by atoms with Crippen molar-refractivity contribution in [3.63, 3.8) is 0 Å². The van der Waals surface area contributed by atoms with E-state index in [0.29, 0.717) is 11.5 Å². The number of nitrogens with one attached hydrogen (secondary N) is 1. The molecular weight excluding hydrogens is 349 g/mol. The molecule has 2 aromatic carbocycles. The molecule has 0 radical (unpaired) electrons. The lowest BCUT2D eigenvalue weighted by molar-refractivity contribution is -0.137. The lowest BCUT2D eigenvalue weighted by Crippen LogP contribution is -2.28. The maximum atomic E-state index is 12.7. The van der Waals surface area contributed by atoms with Crippen LogP contribution >= 0.6 is 0 Å². The molecule has 0 spiro atoms. The number of ether oxygens (including phenoxy) is 1. The third-order valence-corrected chi connectivity index (χ3v) is 3.84. The van der Waals surface area contributed by atoms with Gasteiger partial charge >= 0.3 is 6.18 Å². The molecule has 0 fully saturated rings. The second kappa shape index (κ2) is 7.07. The first-order valence-electron chi connectivity index (χ1n) is 7.72. The van der Waals surface area contributed by atoms with E-state index in [4.69, 9.17) is 9.57 Å². The topological polar surface area (TPSA) is 59.9 Å².